The van der Waals surface area contributed by atoms with Crippen molar-refractivity contribution < 1.29 is 38.5 Å². The molecule has 4 atom stereocenters. The average molecular weight is 355 g/mol. The summed E-state index contributed by atoms with van der Waals surface area (Å²) >= 11 is 0. The lowest BCUT2D eigenvalue weighted by Gasteiger charge is -2.39. The molecule has 136 valence electrons. The van der Waals surface area contributed by atoms with Gasteiger partial charge in [0, 0.05) is 26.2 Å². The molecule has 0 spiro atoms. The van der Waals surface area contributed by atoms with Crippen molar-refractivity contribution in [3.63, 3.8) is 0 Å². The van der Waals surface area contributed by atoms with E-state index in [9.17, 15) is 19.6 Å². The highest BCUT2D eigenvalue weighted by molar-refractivity contribution is 5.95. The van der Waals surface area contributed by atoms with Crippen molar-refractivity contribution in [3.05, 3.63) is 18.5 Å². The van der Waals surface area contributed by atoms with Gasteiger partial charge in [0.2, 0.25) is 0 Å². The Morgan fingerprint density at radius 1 is 1.28 bits per heavy atom. The highest BCUT2D eigenvalue weighted by Gasteiger charge is 2.52. The Morgan fingerprint density at radius 3 is 2.44 bits per heavy atom. The van der Waals surface area contributed by atoms with Gasteiger partial charge in [0.25, 0.3) is 0 Å². The summed E-state index contributed by atoms with van der Waals surface area (Å²) in [6.07, 6.45) is -2.46. The van der Waals surface area contributed by atoms with E-state index in [4.69, 9.17) is 14.2 Å². The minimum absolute atomic E-state index is 0.203. The highest BCUT2D eigenvalue weighted by atomic mass is 16.6. The molecule has 1 aromatic heterocycles. The molecule has 0 saturated carbocycles. The summed E-state index contributed by atoms with van der Waals surface area (Å²) in [6.45, 7) is 2.22. The van der Waals surface area contributed by atoms with E-state index in [0.29, 0.717) is 0 Å². The summed E-state index contributed by atoms with van der Waals surface area (Å²) in [6, 6.07) is 1.57. The second-order valence-corrected chi connectivity index (χ2v) is 5.05. The Kier molecular flexibility index (Phi) is 5.70. The molecule has 0 aromatic carbocycles. The summed E-state index contributed by atoms with van der Waals surface area (Å²) in [4.78, 5) is 35.0. The summed E-state index contributed by atoms with van der Waals surface area (Å²) < 4.78 is 21.7. The van der Waals surface area contributed by atoms with Crippen LogP contribution in [0.2, 0.25) is 0 Å². The monoisotopic (exact) mass is 355 g/mol. The van der Waals surface area contributed by atoms with Gasteiger partial charge in [-0.2, -0.15) is 5.10 Å². The molecule has 11 heteroatoms. The van der Waals surface area contributed by atoms with Gasteiger partial charge in [-0.3, -0.25) is 9.59 Å². The number of nitrogens with zero attached hydrogens (tertiary/aromatic N) is 3. The van der Waals surface area contributed by atoms with Crippen molar-refractivity contribution in [3.8, 4) is 0 Å². The van der Waals surface area contributed by atoms with Gasteiger partial charge < -0.3 is 24.2 Å². The molecule has 0 aliphatic carbocycles. The molecule has 2 heterocycles. The van der Waals surface area contributed by atoms with Crippen LogP contribution in [0.5, 0.6) is 0 Å². The Hall–Kier alpha value is -2.95. The fourth-order valence-electron chi connectivity index (χ4n) is 2.40. The van der Waals surface area contributed by atoms with Gasteiger partial charge in [0.15, 0.2) is 30.3 Å². The minimum atomic E-state index is -1.43. The number of ether oxygens (including phenoxy) is 4. The van der Waals surface area contributed by atoms with Crippen molar-refractivity contribution >= 4 is 23.6 Å². The topological polar surface area (TPSA) is 139 Å². The van der Waals surface area contributed by atoms with Gasteiger partial charge in [0.05, 0.1) is 7.11 Å². The van der Waals surface area contributed by atoms with Gasteiger partial charge in [-0.25, -0.2) is 9.48 Å². The predicted octanol–water partition coefficient (Wildman–Crippen LogP) is -0.353. The van der Waals surface area contributed by atoms with Crippen LogP contribution in [0.25, 0.3) is 0 Å². The van der Waals surface area contributed by atoms with Gasteiger partial charge in [-0.1, -0.05) is 5.16 Å². The molecule has 1 saturated heterocycles. The van der Waals surface area contributed by atoms with E-state index in [1.165, 1.54) is 17.1 Å². The van der Waals surface area contributed by atoms with Crippen LogP contribution in [0.15, 0.2) is 23.6 Å². The van der Waals surface area contributed by atoms with E-state index in [2.05, 4.69) is 15.0 Å². The van der Waals surface area contributed by atoms with Crippen molar-refractivity contribution in [2.45, 2.75) is 38.4 Å². The van der Waals surface area contributed by atoms with Crippen molar-refractivity contribution in [1.29, 1.82) is 0 Å². The van der Waals surface area contributed by atoms with E-state index in [1.807, 2.05) is 0 Å². The van der Waals surface area contributed by atoms with Gasteiger partial charge in [-0.15, -0.1) is 0 Å². The first-order chi connectivity index (χ1) is 11.9. The van der Waals surface area contributed by atoms with E-state index in [-0.39, 0.29) is 5.71 Å². The number of esters is 3. The first kappa shape index (κ1) is 18.4. The van der Waals surface area contributed by atoms with Crippen LogP contribution in [0.1, 0.15) is 20.1 Å². The molecule has 0 radical (unpaired) electrons. The number of aromatic nitrogens is 2. The lowest BCUT2D eigenvalue weighted by atomic mass is 9.98. The molecule has 25 heavy (non-hydrogen) atoms. The van der Waals surface area contributed by atoms with Gasteiger partial charge in [0.1, 0.15) is 0 Å². The van der Waals surface area contributed by atoms with Crippen LogP contribution >= 0.6 is 0 Å². The van der Waals surface area contributed by atoms with E-state index >= 15 is 0 Å². The van der Waals surface area contributed by atoms with Crippen LogP contribution in [0.3, 0.4) is 0 Å². The molecule has 0 bridgehead atoms. The van der Waals surface area contributed by atoms with Crippen LogP contribution in [-0.2, 0) is 33.3 Å². The lowest BCUT2D eigenvalue weighted by molar-refractivity contribution is -0.199. The first-order valence-corrected chi connectivity index (χ1v) is 7.17. The third-order valence-electron chi connectivity index (χ3n) is 3.33. The van der Waals surface area contributed by atoms with E-state index in [1.54, 1.807) is 6.07 Å². The molecular weight excluding hydrogens is 338 g/mol. The third-order valence-corrected chi connectivity index (χ3v) is 3.33. The number of hydrogen-bond donors (Lipinski definition) is 1. The van der Waals surface area contributed by atoms with Crippen LogP contribution in [0.4, 0.5) is 0 Å². The molecule has 1 aliphatic rings. The molecule has 1 fully saturated rings. The lowest BCUT2D eigenvalue weighted by Crippen LogP contribution is -2.59. The highest BCUT2D eigenvalue weighted by Crippen LogP contribution is 2.30. The third kappa shape index (κ3) is 3.94. The van der Waals surface area contributed by atoms with E-state index in [0.717, 1.165) is 21.0 Å². The normalized spacial score (nSPS) is 27.6. The SMILES string of the molecule is COC(=O)[C@H]1O[C@@H](n2cccn2)/C(=N\O)[C@H](OC(C)=O)[C@@H]1OC(C)=O. The van der Waals surface area contributed by atoms with E-state index < -0.39 is 42.4 Å². The number of hydrogen-bond acceptors (Lipinski definition) is 10. The zero-order valence-corrected chi connectivity index (χ0v) is 13.7. The number of rotatable bonds is 4. The smallest absolute Gasteiger partial charge is 0.339 e. The van der Waals surface area contributed by atoms with Crippen LogP contribution < -0.4 is 0 Å². The molecular formula is C14H17N3O8. The quantitative estimate of drug-likeness (QED) is 0.332. The minimum Gasteiger partial charge on any atom is -0.467 e. The number of carbonyl (C=O) groups is 3. The Bertz CT molecular complexity index is 672. The largest absolute Gasteiger partial charge is 0.467 e. The molecule has 1 aromatic rings. The van der Waals surface area contributed by atoms with Crippen LogP contribution in [-0.4, -0.2) is 64.0 Å². The summed E-state index contributed by atoms with van der Waals surface area (Å²) in [5.41, 5.74) is -0.203. The van der Waals surface area contributed by atoms with Crippen molar-refractivity contribution in [1.82, 2.24) is 9.78 Å². The maximum atomic E-state index is 12.1. The summed E-state index contributed by atoms with van der Waals surface area (Å²) in [7, 11) is 1.12. The summed E-state index contributed by atoms with van der Waals surface area (Å²) in [5.74, 6) is -2.36. The van der Waals surface area contributed by atoms with Gasteiger partial charge in [-0.05, 0) is 6.07 Å². The molecule has 1 N–H and O–H groups in total. The number of carbonyl (C=O) groups excluding carboxylic acids is 3. The standard InChI is InChI=1S/C14H17N3O8/c1-7(18)23-10-9(16-21)13(17-6-4-5-15-17)25-12(14(20)22-3)11(10)24-8(2)19/h4-6,10-13,21H,1-3H3/b16-9-/t10-,11-,12-,13+/m0/s1. The first-order valence-electron chi connectivity index (χ1n) is 7.17. The fourth-order valence-corrected chi connectivity index (χ4v) is 2.40. The maximum Gasteiger partial charge on any atom is 0.339 e. The average Bonchev–Trinajstić information content (AvgIpc) is 3.08. The zero-order chi connectivity index (χ0) is 18.6. The molecule has 2 rings (SSSR count). The second kappa shape index (κ2) is 7.75. The molecule has 11 nitrogen and oxygen atoms in total. The Balaban J connectivity index is 2.50. The van der Waals surface area contributed by atoms with Crippen molar-refractivity contribution in [2.75, 3.05) is 7.11 Å². The summed E-state index contributed by atoms with van der Waals surface area (Å²) in [5, 5.41) is 16.5. The Morgan fingerprint density at radius 2 is 1.96 bits per heavy atom. The Labute approximate surface area is 142 Å². The molecule has 0 unspecified atom stereocenters. The second-order valence-electron chi connectivity index (χ2n) is 5.05. The molecule has 1 aliphatic heterocycles. The number of oxime groups is 1. The van der Waals surface area contributed by atoms with Gasteiger partial charge >= 0.3 is 17.9 Å². The fraction of sp³-hybridized carbons (Fsp3) is 0.500. The van der Waals surface area contributed by atoms with Crippen LogP contribution in [0, 0.1) is 0 Å². The maximum absolute atomic E-state index is 12.1. The predicted molar refractivity (Wildman–Crippen MR) is 78.5 cm³/mol. The van der Waals surface area contributed by atoms with Crippen molar-refractivity contribution in [2.24, 2.45) is 5.16 Å². The zero-order valence-electron chi connectivity index (χ0n) is 13.7. The number of methoxy groups -OCH3 is 1. The molecule has 0 amide bonds.